The van der Waals surface area contributed by atoms with Gasteiger partial charge in [0.15, 0.2) is 0 Å². The lowest BCUT2D eigenvalue weighted by molar-refractivity contribution is -0.135. The van der Waals surface area contributed by atoms with Gasteiger partial charge in [-0.3, -0.25) is 4.79 Å². The molecule has 2 aliphatic rings. The summed E-state index contributed by atoms with van der Waals surface area (Å²) in [5.41, 5.74) is 2.36. The van der Waals surface area contributed by atoms with Crippen molar-refractivity contribution >= 4 is 33.2 Å². The van der Waals surface area contributed by atoms with Crippen LogP contribution < -0.4 is 4.90 Å². The summed E-state index contributed by atoms with van der Waals surface area (Å²) in [6, 6.07) is 11.3. The van der Waals surface area contributed by atoms with Gasteiger partial charge in [-0.25, -0.2) is 13.4 Å². The second-order valence-electron chi connectivity index (χ2n) is 8.49. The van der Waals surface area contributed by atoms with Gasteiger partial charge in [-0.2, -0.15) is 4.31 Å². The van der Waals surface area contributed by atoms with E-state index in [0.717, 1.165) is 18.7 Å². The van der Waals surface area contributed by atoms with Gasteiger partial charge in [-0.15, -0.1) is 0 Å². The zero-order valence-electron chi connectivity index (χ0n) is 18.3. The molecule has 0 aliphatic carbocycles. The van der Waals surface area contributed by atoms with Crippen LogP contribution in [-0.4, -0.2) is 61.7 Å². The van der Waals surface area contributed by atoms with E-state index in [1.165, 1.54) is 35.1 Å². The number of amides is 1. The first kappa shape index (κ1) is 23.0. The van der Waals surface area contributed by atoms with Crippen molar-refractivity contribution in [1.29, 1.82) is 0 Å². The number of nitrogens with zero attached hydrogens (tertiary/aromatic N) is 4. The number of hydrogen-bond donors (Lipinski definition) is 0. The van der Waals surface area contributed by atoms with Crippen molar-refractivity contribution < 1.29 is 13.2 Å². The van der Waals surface area contributed by atoms with Crippen LogP contribution >= 0.6 is 11.6 Å². The van der Waals surface area contributed by atoms with E-state index < -0.39 is 10.0 Å². The van der Waals surface area contributed by atoms with Crippen LogP contribution in [0.3, 0.4) is 0 Å². The standard InChI is InChI=1S/C23H29ClN4O3S/c1-26(17-19-7-2-3-8-20(19)27-13-4-5-14-27)23(29)18-10-15-28(16-11-18)32(30,31)21-9-6-12-25-22(21)24/h2-3,6-9,12,18H,4-5,10-11,13-17H2,1H3. The van der Waals surface area contributed by atoms with Gasteiger partial charge in [0.25, 0.3) is 0 Å². The quantitative estimate of drug-likeness (QED) is 0.597. The second kappa shape index (κ2) is 9.77. The Kier molecular flexibility index (Phi) is 7.02. The van der Waals surface area contributed by atoms with E-state index in [0.29, 0.717) is 32.5 Å². The number of aromatic nitrogens is 1. The molecule has 3 heterocycles. The van der Waals surface area contributed by atoms with Gasteiger partial charge in [0.2, 0.25) is 15.9 Å². The maximum absolute atomic E-state index is 13.1. The van der Waals surface area contributed by atoms with Gasteiger partial charge in [0.1, 0.15) is 10.0 Å². The van der Waals surface area contributed by atoms with Gasteiger partial charge >= 0.3 is 0 Å². The minimum absolute atomic E-state index is 0.0158. The van der Waals surface area contributed by atoms with Gasteiger partial charge in [-0.05, 0) is 49.4 Å². The number of benzene rings is 1. The fourth-order valence-corrected chi connectivity index (χ4v) is 6.50. The van der Waals surface area contributed by atoms with E-state index in [4.69, 9.17) is 11.6 Å². The number of carbonyl (C=O) groups excluding carboxylic acids is 1. The Bertz CT molecular complexity index is 1060. The van der Waals surface area contributed by atoms with Gasteiger partial charge in [-0.1, -0.05) is 29.8 Å². The second-order valence-corrected chi connectivity index (χ2v) is 10.8. The van der Waals surface area contributed by atoms with Crippen LogP contribution in [0, 0.1) is 5.92 Å². The predicted molar refractivity (Wildman–Crippen MR) is 125 cm³/mol. The molecule has 9 heteroatoms. The number of carbonyl (C=O) groups is 1. The molecule has 0 radical (unpaired) electrons. The van der Waals surface area contributed by atoms with Crippen LogP contribution in [0.4, 0.5) is 5.69 Å². The third-order valence-electron chi connectivity index (χ3n) is 6.37. The van der Waals surface area contributed by atoms with Crippen LogP contribution in [-0.2, 0) is 21.4 Å². The third-order valence-corrected chi connectivity index (χ3v) is 8.71. The van der Waals surface area contributed by atoms with Crippen LogP contribution in [0.15, 0.2) is 47.5 Å². The molecule has 0 saturated carbocycles. The van der Waals surface area contributed by atoms with Crippen molar-refractivity contribution in [3.63, 3.8) is 0 Å². The molecule has 32 heavy (non-hydrogen) atoms. The number of sulfonamides is 1. The molecular formula is C23H29ClN4O3S. The number of halogens is 1. The van der Waals surface area contributed by atoms with E-state index >= 15 is 0 Å². The molecule has 1 aromatic carbocycles. The summed E-state index contributed by atoms with van der Waals surface area (Å²) in [6.45, 7) is 3.25. The van der Waals surface area contributed by atoms with E-state index in [2.05, 4.69) is 22.0 Å². The monoisotopic (exact) mass is 476 g/mol. The molecule has 172 valence electrons. The van der Waals surface area contributed by atoms with E-state index in [9.17, 15) is 13.2 Å². The number of para-hydroxylation sites is 1. The van der Waals surface area contributed by atoms with Crippen molar-refractivity contribution in [2.75, 3.05) is 38.1 Å². The van der Waals surface area contributed by atoms with Crippen LogP contribution in [0.1, 0.15) is 31.2 Å². The minimum Gasteiger partial charge on any atom is -0.371 e. The summed E-state index contributed by atoms with van der Waals surface area (Å²) in [5.74, 6) is -0.118. The highest BCUT2D eigenvalue weighted by atomic mass is 35.5. The predicted octanol–water partition coefficient (Wildman–Crippen LogP) is 3.39. The number of piperidine rings is 1. The molecule has 2 fully saturated rings. The average molecular weight is 477 g/mol. The van der Waals surface area contributed by atoms with Crippen molar-refractivity contribution in [1.82, 2.24) is 14.2 Å². The number of pyridine rings is 1. The highest BCUT2D eigenvalue weighted by Crippen LogP contribution is 2.29. The fourth-order valence-electron chi connectivity index (χ4n) is 4.60. The molecule has 2 saturated heterocycles. The summed E-state index contributed by atoms with van der Waals surface area (Å²) in [6.07, 6.45) is 4.86. The zero-order chi connectivity index (χ0) is 22.7. The Morgan fingerprint density at radius 1 is 1.09 bits per heavy atom. The molecule has 0 atom stereocenters. The van der Waals surface area contributed by atoms with Gasteiger partial charge in [0.05, 0.1) is 0 Å². The summed E-state index contributed by atoms with van der Waals surface area (Å²) in [4.78, 5) is 21.2. The normalized spacial score (nSPS) is 18.1. The minimum atomic E-state index is -3.72. The van der Waals surface area contributed by atoms with E-state index in [1.54, 1.807) is 11.0 Å². The lowest BCUT2D eigenvalue weighted by Gasteiger charge is -2.33. The molecule has 1 amide bonds. The Labute approximate surface area is 195 Å². The molecule has 2 aromatic rings. The molecule has 2 aliphatic heterocycles. The smallest absolute Gasteiger partial charge is 0.246 e. The fraction of sp³-hybridized carbons (Fsp3) is 0.478. The van der Waals surface area contributed by atoms with Crippen LogP contribution in [0.2, 0.25) is 5.15 Å². The summed E-state index contributed by atoms with van der Waals surface area (Å²) < 4.78 is 27.3. The number of hydrogen-bond acceptors (Lipinski definition) is 5. The summed E-state index contributed by atoms with van der Waals surface area (Å²) in [7, 11) is -1.88. The van der Waals surface area contributed by atoms with E-state index in [1.807, 2.05) is 19.2 Å². The Morgan fingerprint density at radius 3 is 2.47 bits per heavy atom. The first-order valence-corrected chi connectivity index (χ1v) is 12.9. The number of anilines is 1. The third kappa shape index (κ3) is 4.77. The number of rotatable bonds is 6. The Morgan fingerprint density at radius 2 is 1.78 bits per heavy atom. The van der Waals surface area contributed by atoms with Crippen molar-refractivity contribution in [3.05, 3.63) is 53.3 Å². The highest BCUT2D eigenvalue weighted by molar-refractivity contribution is 7.89. The molecular weight excluding hydrogens is 448 g/mol. The molecule has 0 unspecified atom stereocenters. The van der Waals surface area contributed by atoms with Crippen LogP contribution in [0.5, 0.6) is 0 Å². The molecule has 0 N–H and O–H groups in total. The van der Waals surface area contributed by atoms with Crippen LogP contribution in [0.25, 0.3) is 0 Å². The first-order chi connectivity index (χ1) is 15.4. The van der Waals surface area contributed by atoms with Gasteiger partial charge in [0, 0.05) is 57.6 Å². The molecule has 0 spiro atoms. The van der Waals surface area contributed by atoms with Gasteiger partial charge < -0.3 is 9.80 Å². The average Bonchev–Trinajstić information content (AvgIpc) is 3.34. The SMILES string of the molecule is CN(Cc1ccccc1N1CCCC1)C(=O)C1CCN(S(=O)(=O)c2cccnc2Cl)CC1. The van der Waals surface area contributed by atoms with Crippen molar-refractivity contribution in [3.8, 4) is 0 Å². The molecule has 7 nitrogen and oxygen atoms in total. The van der Waals surface area contributed by atoms with E-state index in [-0.39, 0.29) is 21.9 Å². The zero-order valence-corrected chi connectivity index (χ0v) is 19.9. The molecule has 1 aromatic heterocycles. The lowest BCUT2D eigenvalue weighted by atomic mass is 9.96. The first-order valence-electron chi connectivity index (χ1n) is 11.1. The Balaban J connectivity index is 1.38. The lowest BCUT2D eigenvalue weighted by Crippen LogP contribution is -2.43. The topological polar surface area (TPSA) is 73.8 Å². The highest BCUT2D eigenvalue weighted by Gasteiger charge is 2.34. The summed E-state index contributed by atoms with van der Waals surface area (Å²) in [5, 5.41) is -0.0258. The molecule has 0 bridgehead atoms. The summed E-state index contributed by atoms with van der Waals surface area (Å²) >= 11 is 6.00. The Hall–Kier alpha value is -2.16. The maximum Gasteiger partial charge on any atom is 0.246 e. The maximum atomic E-state index is 13.1. The van der Waals surface area contributed by atoms with Crippen molar-refractivity contribution in [2.45, 2.75) is 37.1 Å². The van der Waals surface area contributed by atoms with Crippen molar-refractivity contribution in [2.24, 2.45) is 5.92 Å². The molecule has 4 rings (SSSR count). The largest absolute Gasteiger partial charge is 0.371 e.